The first-order valence-electron chi connectivity index (χ1n) is 8.94. The molecule has 2 N–H and O–H groups in total. The molecule has 1 saturated heterocycles. The maximum atomic E-state index is 12.4. The minimum Gasteiger partial charge on any atom is -0.354 e. The van der Waals surface area contributed by atoms with E-state index in [9.17, 15) is 9.59 Å². The van der Waals surface area contributed by atoms with Crippen LogP contribution in [0.2, 0.25) is 0 Å². The fraction of sp³-hybridized carbons (Fsp3) is 0.882. The van der Waals surface area contributed by atoms with E-state index in [2.05, 4.69) is 15.5 Å². The van der Waals surface area contributed by atoms with Gasteiger partial charge in [-0.25, -0.2) is 0 Å². The minimum atomic E-state index is -0.338. The first-order chi connectivity index (χ1) is 10.7. The third-order valence-corrected chi connectivity index (χ3v) is 4.91. The molecule has 1 aliphatic heterocycles. The lowest BCUT2D eigenvalue weighted by atomic mass is 9.97. The Morgan fingerprint density at radius 3 is 2.41 bits per heavy atom. The quantitative estimate of drug-likeness (QED) is 0.703. The molecule has 2 rings (SSSR count). The molecule has 0 radical (unpaired) electrons. The third-order valence-electron chi connectivity index (χ3n) is 4.91. The van der Waals surface area contributed by atoms with Crippen LogP contribution >= 0.6 is 0 Å². The number of carbonyl (C=O) groups excluding carboxylic acids is 2. The molecule has 22 heavy (non-hydrogen) atoms. The average Bonchev–Trinajstić information content (AvgIpc) is 3.04. The number of nitrogens with one attached hydrogen (secondary N) is 2. The summed E-state index contributed by atoms with van der Waals surface area (Å²) < 4.78 is 0. The van der Waals surface area contributed by atoms with E-state index in [0.717, 1.165) is 25.8 Å². The van der Waals surface area contributed by atoms with E-state index in [1.54, 1.807) is 0 Å². The van der Waals surface area contributed by atoms with Crippen molar-refractivity contribution in [1.82, 2.24) is 15.5 Å². The second-order valence-corrected chi connectivity index (χ2v) is 6.77. The summed E-state index contributed by atoms with van der Waals surface area (Å²) in [6.45, 7) is 5.66. The number of hydrogen-bond acceptors (Lipinski definition) is 3. The summed E-state index contributed by atoms with van der Waals surface area (Å²) in [7, 11) is 0. The number of hydrogen-bond donors (Lipinski definition) is 2. The minimum absolute atomic E-state index is 0.000689. The first kappa shape index (κ1) is 17.3. The number of carbonyl (C=O) groups is 2. The molecular weight excluding hydrogens is 278 g/mol. The van der Waals surface area contributed by atoms with Gasteiger partial charge in [0.05, 0.1) is 0 Å². The van der Waals surface area contributed by atoms with Crippen LogP contribution in [-0.2, 0) is 9.59 Å². The second-order valence-electron chi connectivity index (χ2n) is 6.77. The van der Waals surface area contributed by atoms with Gasteiger partial charge in [-0.2, -0.15) is 0 Å². The predicted molar refractivity (Wildman–Crippen MR) is 87.5 cm³/mol. The summed E-state index contributed by atoms with van der Waals surface area (Å²) in [5.41, 5.74) is 0. The summed E-state index contributed by atoms with van der Waals surface area (Å²) in [4.78, 5) is 26.2. The number of amides is 2. The highest BCUT2D eigenvalue weighted by atomic mass is 16.2. The Kier molecular flexibility index (Phi) is 7.16. The van der Waals surface area contributed by atoms with Gasteiger partial charge < -0.3 is 15.5 Å². The smallest absolute Gasteiger partial charge is 0.242 e. The van der Waals surface area contributed by atoms with Crippen molar-refractivity contribution in [3.8, 4) is 0 Å². The lowest BCUT2D eigenvalue weighted by molar-refractivity contribution is -0.129. The van der Waals surface area contributed by atoms with Crippen LogP contribution in [0.4, 0.5) is 0 Å². The zero-order valence-electron chi connectivity index (χ0n) is 13.9. The second kappa shape index (κ2) is 9.13. The molecule has 1 saturated carbocycles. The molecule has 1 unspecified atom stereocenters. The molecule has 2 amide bonds. The predicted octanol–water partition coefficient (Wildman–Crippen LogP) is 1.67. The summed E-state index contributed by atoms with van der Waals surface area (Å²) in [5, 5.41) is 5.87. The number of rotatable bonds is 7. The van der Waals surface area contributed by atoms with Crippen molar-refractivity contribution < 1.29 is 9.59 Å². The largest absolute Gasteiger partial charge is 0.354 e. The van der Waals surface area contributed by atoms with Crippen LogP contribution in [0, 0.1) is 5.92 Å². The van der Waals surface area contributed by atoms with E-state index < -0.39 is 0 Å². The zero-order chi connectivity index (χ0) is 15.8. The average molecular weight is 309 g/mol. The van der Waals surface area contributed by atoms with Crippen LogP contribution < -0.4 is 10.6 Å². The van der Waals surface area contributed by atoms with Gasteiger partial charge in [0, 0.05) is 13.5 Å². The molecule has 0 spiro atoms. The molecule has 2 fully saturated rings. The van der Waals surface area contributed by atoms with Crippen molar-refractivity contribution in [2.75, 3.05) is 26.2 Å². The van der Waals surface area contributed by atoms with Gasteiger partial charge in [-0.3, -0.25) is 9.59 Å². The summed E-state index contributed by atoms with van der Waals surface area (Å²) in [6, 6.07) is -0.338. The van der Waals surface area contributed by atoms with Crippen molar-refractivity contribution in [3.05, 3.63) is 0 Å². The Morgan fingerprint density at radius 2 is 1.77 bits per heavy atom. The normalized spacial score (nSPS) is 21.5. The van der Waals surface area contributed by atoms with Crippen LogP contribution in [0.5, 0.6) is 0 Å². The molecule has 0 aromatic carbocycles. The molecule has 0 aromatic heterocycles. The van der Waals surface area contributed by atoms with Gasteiger partial charge in [-0.1, -0.05) is 19.3 Å². The van der Waals surface area contributed by atoms with Crippen molar-refractivity contribution in [3.63, 3.8) is 0 Å². The molecular formula is C17H31N3O2. The number of likely N-dealkylation sites (tertiary alicyclic amines) is 1. The molecule has 0 bridgehead atoms. The van der Waals surface area contributed by atoms with Crippen LogP contribution in [-0.4, -0.2) is 48.9 Å². The van der Waals surface area contributed by atoms with Crippen LogP contribution in [0.1, 0.15) is 58.3 Å². The summed E-state index contributed by atoms with van der Waals surface area (Å²) >= 11 is 0. The summed E-state index contributed by atoms with van der Waals surface area (Å²) in [6.07, 6.45) is 9.39. The maximum absolute atomic E-state index is 12.4. The standard InChI is InChI=1S/C17H31N3O2/c1-14(21)19-16(15-8-3-4-9-15)17(22)18-10-7-13-20-11-5-2-6-12-20/h15-16H,2-13H2,1H3,(H,18,22)(H,19,21). The Morgan fingerprint density at radius 1 is 1.09 bits per heavy atom. The molecule has 5 heteroatoms. The van der Waals surface area contributed by atoms with Crippen molar-refractivity contribution >= 4 is 11.8 Å². The zero-order valence-corrected chi connectivity index (χ0v) is 13.9. The van der Waals surface area contributed by atoms with Gasteiger partial charge in [0.15, 0.2) is 0 Å². The maximum Gasteiger partial charge on any atom is 0.242 e. The van der Waals surface area contributed by atoms with E-state index >= 15 is 0 Å². The van der Waals surface area contributed by atoms with Gasteiger partial charge in [0.1, 0.15) is 6.04 Å². The van der Waals surface area contributed by atoms with Crippen molar-refractivity contribution in [1.29, 1.82) is 0 Å². The Labute approximate surface area is 134 Å². The molecule has 2 aliphatic rings. The lowest BCUT2D eigenvalue weighted by Gasteiger charge is -2.27. The van der Waals surface area contributed by atoms with E-state index in [0.29, 0.717) is 12.5 Å². The lowest BCUT2D eigenvalue weighted by Crippen LogP contribution is -2.50. The Balaban J connectivity index is 1.69. The van der Waals surface area contributed by atoms with Crippen LogP contribution in [0.25, 0.3) is 0 Å². The van der Waals surface area contributed by atoms with Gasteiger partial charge in [0.2, 0.25) is 11.8 Å². The SMILES string of the molecule is CC(=O)NC(C(=O)NCCCN1CCCCC1)C1CCCC1. The molecule has 1 atom stereocenters. The Hall–Kier alpha value is -1.10. The first-order valence-corrected chi connectivity index (χ1v) is 8.94. The third kappa shape index (κ3) is 5.59. The highest BCUT2D eigenvalue weighted by molar-refractivity contribution is 5.87. The van der Waals surface area contributed by atoms with E-state index in [1.807, 2.05) is 0 Å². The van der Waals surface area contributed by atoms with E-state index in [-0.39, 0.29) is 17.9 Å². The number of nitrogens with zero attached hydrogens (tertiary/aromatic N) is 1. The highest BCUT2D eigenvalue weighted by Gasteiger charge is 2.30. The van der Waals surface area contributed by atoms with Gasteiger partial charge >= 0.3 is 0 Å². The van der Waals surface area contributed by atoms with E-state index in [4.69, 9.17) is 0 Å². The number of piperidine rings is 1. The molecule has 1 aliphatic carbocycles. The van der Waals surface area contributed by atoms with Crippen LogP contribution in [0.3, 0.4) is 0 Å². The topological polar surface area (TPSA) is 61.4 Å². The van der Waals surface area contributed by atoms with Gasteiger partial charge in [-0.15, -0.1) is 0 Å². The highest BCUT2D eigenvalue weighted by Crippen LogP contribution is 2.27. The van der Waals surface area contributed by atoms with Crippen LogP contribution in [0.15, 0.2) is 0 Å². The monoisotopic (exact) mass is 309 g/mol. The summed E-state index contributed by atoms with van der Waals surface area (Å²) in [5.74, 6) is 0.201. The van der Waals surface area contributed by atoms with Crippen molar-refractivity contribution in [2.45, 2.75) is 64.3 Å². The molecule has 5 nitrogen and oxygen atoms in total. The van der Waals surface area contributed by atoms with Gasteiger partial charge in [-0.05, 0) is 57.7 Å². The molecule has 126 valence electrons. The Bertz CT molecular complexity index is 361. The van der Waals surface area contributed by atoms with Crippen molar-refractivity contribution in [2.24, 2.45) is 5.92 Å². The fourth-order valence-electron chi connectivity index (χ4n) is 3.71. The molecule has 1 heterocycles. The fourth-order valence-corrected chi connectivity index (χ4v) is 3.71. The van der Waals surface area contributed by atoms with Gasteiger partial charge in [0.25, 0.3) is 0 Å². The van der Waals surface area contributed by atoms with E-state index in [1.165, 1.54) is 52.1 Å². The molecule has 0 aromatic rings.